The van der Waals surface area contributed by atoms with Crippen molar-refractivity contribution in [3.05, 3.63) is 58.9 Å². The van der Waals surface area contributed by atoms with Crippen LogP contribution >= 0.6 is 0 Å². The van der Waals surface area contributed by atoms with Crippen LogP contribution in [0.3, 0.4) is 0 Å². The van der Waals surface area contributed by atoms with Gasteiger partial charge in [-0.25, -0.2) is 9.18 Å². The fourth-order valence-electron chi connectivity index (χ4n) is 2.89. The van der Waals surface area contributed by atoms with Crippen LogP contribution in [0.4, 0.5) is 10.1 Å². The summed E-state index contributed by atoms with van der Waals surface area (Å²) >= 11 is 0. The van der Waals surface area contributed by atoms with Crippen molar-refractivity contribution in [2.75, 3.05) is 5.32 Å². The number of nitrogens with one attached hydrogen (secondary N) is 1. The van der Waals surface area contributed by atoms with Crippen LogP contribution < -0.4 is 10.1 Å². The number of anilines is 1. The zero-order chi connectivity index (χ0) is 18.8. The molecule has 1 heterocycles. The molecule has 0 fully saturated rings. The molecule has 0 bridgehead atoms. The molecule has 5 nitrogen and oxygen atoms in total. The number of aryl methyl sites for hydroxylation is 2. The average molecular weight is 357 g/mol. The summed E-state index contributed by atoms with van der Waals surface area (Å²) in [7, 11) is 0. The number of rotatable bonds is 4. The predicted octanol–water partition coefficient (Wildman–Crippen LogP) is 3.32. The third kappa shape index (κ3) is 3.69. The number of ether oxygens (including phenoxy) is 2. The Morgan fingerprint density at radius 3 is 2.62 bits per heavy atom. The third-order valence-electron chi connectivity index (χ3n) is 4.35. The van der Waals surface area contributed by atoms with Crippen molar-refractivity contribution in [1.82, 2.24) is 0 Å². The van der Waals surface area contributed by atoms with Gasteiger partial charge in [0, 0.05) is 17.7 Å². The molecule has 0 unspecified atom stereocenters. The number of benzene rings is 2. The molecule has 0 radical (unpaired) electrons. The van der Waals surface area contributed by atoms with E-state index in [2.05, 4.69) is 5.32 Å². The van der Waals surface area contributed by atoms with Gasteiger partial charge in [0.15, 0.2) is 12.2 Å². The van der Waals surface area contributed by atoms with E-state index in [4.69, 9.17) is 9.47 Å². The Hall–Kier alpha value is -2.89. The van der Waals surface area contributed by atoms with E-state index in [1.54, 1.807) is 0 Å². The number of hydrogen-bond donors (Lipinski definition) is 1. The second-order valence-electron chi connectivity index (χ2n) is 6.40. The minimum Gasteiger partial charge on any atom is -0.478 e. The van der Waals surface area contributed by atoms with E-state index < -0.39 is 24.1 Å². The largest absolute Gasteiger partial charge is 0.478 e. The summed E-state index contributed by atoms with van der Waals surface area (Å²) in [5.41, 5.74) is 3.17. The number of halogens is 1. The van der Waals surface area contributed by atoms with Crippen molar-refractivity contribution in [2.45, 2.75) is 39.4 Å². The topological polar surface area (TPSA) is 64.6 Å². The highest BCUT2D eigenvalue weighted by Gasteiger charge is 2.32. The summed E-state index contributed by atoms with van der Waals surface area (Å²) in [6.45, 7) is 5.28. The van der Waals surface area contributed by atoms with Gasteiger partial charge in [0.1, 0.15) is 11.6 Å². The first kappa shape index (κ1) is 17.9. The molecule has 1 N–H and O–H groups in total. The molecule has 2 atom stereocenters. The molecule has 3 rings (SSSR count). The SMILES string of the molecule is Cc1cccc(C)c1NC(=O)[C@H](C)OC(=O)[C@H]1Cc2cc(F)ccc2O1. The number of hydrogen-bond acceptors (Lipinski definition) is 4. The van der Waals surface area contributed by atoms with Crippen LogP contribution in [0.5, 0.6) is 5.75 Å². The predicted molar refractivity (Wildman–Crippen MR) is 94.6 cm³/mol. The lowest BCUT2D eigenvalue weighted by Gasteiger charge is -2.18. The highest BCUT2D eigenvalue weighted by molar-refractivity contribution is 5.96. The summed E-state index contributed by atoms with van der Waals surface area (Å²) in [5.74, 6) is -0.994. The molecular weight excluding hydrogens is 337 g/mol. The summed E-state index contributed by atoms with van der Waals surface area (Å²) in [5, 5.41) is 2.79. The molecule has 2 aromatic rings. The van der Waals surface area contributed by atoms with E-state index in [0.29, 0.717) is 17.0 Å². The smallest absolute Gasteiger partial charge is 0.348 e. The van der Waals surface area contributed by atoms with Crippen LogP contribution in [0.25, 0.3) is 0 Å². The molecule has 1 aliphatic heterocycles. The molecular formula is C20H20FNO4. The second-order valence-corrected chi connectivity index (χ2v) is 6.40. The number of carbonyl (C=O) groups is 2. The fourth-order valence-corrected chi connectivity index (χ4v) is 2.89. The van der Waals surface area contributed by atoms with E-state index in [0.717, 1.165) is 11.1 Å². The standard InChI is InChI=1S/C20H20FNO4/c1-11-5-4-6-12(2)18(11)22-19(23)13(3)25-20(24)17-10-14-9-15(21)7-8-16(14)26-17/h4-9,13,17H,10H2,1-3H3,(H,22,23)/t13-,17+/m0/s1. The molecule has 0 aromatic heterocycles. The molecule has 0 saturated heterocycles. The molecule has 6 heteroatoms. The van der Waals surface area contributed by atoms with Gasteiger partial charge in [-0.05, 0) is 50.1 Å². The van der Waals surface area contributed by atoms with Gasteiger partial charge in [0.2, 0.25) is 0 Å². The number of carbonyl (C=O) groups excluding carboxylic acids is 2. The van der Waals surface area contributed by atoms with E-state index in [9.17, 15) is 14.0 Å². The number of fused-ring (bicyclic) bond motifs is 1. The lowest BCUT2D eigenvalue weighted by atomic mass is 10.1. The van der Waals surface area contributed by atoms with Gasteiger partial charge in [-0.2, -0.15) is 0 Å². The maximum absolute atomic E-state index is 13.3. The van der Waals surface area contributed by atoms with Crippen molar-refractivity contribution in [1.29, 1.82) is 0 Å². The maximum Gasteiger partial charge on any atom is 0.348 e. The van der Waals surface area contributed by atoms with Crippen LogP contribution in [0, 0.1) is 19.7 Å². The quantitative estimate of drug-likeness (QED) is 0.853. The monoisotopic (exact) mass is 357 g/mol. The van der Waals surface area contributed by atoms with Crippen LogP contribution in [-0.4, -0.2) is 24.1 Å². The van der Waals surface area contributed by atoms with E-state index in [1.165, 1.54) is 25.1 Å². The van der Waals surface area contributed by atoms with Gasteiger partial charge >= 0.3 is 5.97 Å². The van der Waals surface area contributed by atoms with E-state index in [-0.39, 0.29) is 12.2 Å². The zero-order valence-corrected chi connectivity index (χ0v) is 14.8. The normalized spacial score (nSPS) is 16.4. The minimum absolute atomic E-state index is 0.219. The molecule has 2 aromatic carbocycles. The van der Waals surface area contributed by atoms with Gasteiger partial charge in [-0.1, -0.05) is 18.2 Å². The maximum atomic E-state index is 13.3. The molecule has 0 aliphatic carbocycles. The zero-order valence-electron chi connectivity index (χ0n) is 14.8. The van der Waals surface area contributed by atoms with Gasteiger partial charge in [0.05, 0.1) is 0 Å². The second kappa shape index (κ2) is 7.15. The summed E-state index contributed by atoms with van der Waals surface area (Å²) in [4.78, 5) is 24.6. The third-order valence-corrected chi connectivity index (χ3v) is 4.35. The van der Waals surface area contributed by atoms with Gasteiger partial charge in [-0.15, -0.1) is 0 Å². The van der Waals surface area contributed by atoms with Crippen molar-refractivity contribution in [2.24, 2.45) is 0 Å². The minimum atomic E-state index is -0.981. The Morgan fingerprint density at radius 1 is 1.23 bits per heavy atom. The van der Waals surface area contributed by atoms with E-state index >= 15 is 0 Å². The fraction of sp³-hybridized carbons (Fsp3) is 0.300. The number of para-hydroxylation sites is 1. The first-order valence-electron chi connectivity index (χ1n) is 8.38. The van der Waals surface area contributed by atoms with Crippen LogP contribution in [-0.2, 0) is 20.7 Å². The van der Waals surface area contributed by atoms with Crippen molar-refractivity contribution >= 4 is 17.6 Å². The Bertz CT molecular complexity index is 845. The average Bonchev–Trinajstić information content (AvgIpc) is 3.01. The Morgan fingerprint density at radius 2 is 1.92 bits per heavy atom. The highest BCUT2D eigenvalue weighted by atomic mass is 19.1. The summed E-state index contributed by atoms with van der Waals surface area (Å²) in [6, 6.07) is 9.77. The molecule has 136 valence electrons. The first-order chi connectivity index (χ1) is 12.3. The van der Waals surface area contributed by atoms with Gasteiger partial charge in [-0.3, -0.25) is 4.79 Å². The first-order valence-corrected chi connectivity index (χ1v) is 8.38. The molecule has 1 aliphatic rings. The molecule has 1 amide bonds. The summed E-state index contributed by atoms with van der Waals surface area (Å²) < 4.78 is 24.0. The van der Waals surface area contributed by atoms with Crippen molar-refractivity contribution in [3.63, 3.8) is 0 Å². The lowest BCUT2D eigenvalue weighted by Crippen LogP contribution is -2.36. The van der Waals surface area contributed by atoms with Crippen LogP contribution in [0.2, 0.25) is 0 Å². The van der Waals surface area contributed by atoms with Gasteiger partial charge in [0.25, 0.3) is 5.91 Å². The Labute approximate surface area is 151 Å². The summed E-state index contributed by atoms with van der Waals surface area (Å²) in [6.07, 6.45) is -1.63. The number of amides is 1. The molecule has 0 saturated carbocycles. The van der Waals surface area contributed by atoms with Gasteiger partial charge < -0.3 is 14.8 Å². The van der Waals surface area contributed by atoms with Crippen LogP contribution in [0.1, 0.15) is 23.6 Å². The van der Waals surface area contributed by atoms with E-state index in [1.807, 2.05) is 32.0 Å². The Kier molecular flexibility index (Phi) is 4.93. The van der Waals surface area contributed by atoms with Crippen LogP contribution in [0.15, 0.2) is 36.4 Å². The molecule has 26 heavy (non-hydrogen) atoms. The van der Waals surface area contributed by atoms with Crippen molar-refractivity contribution in [3.8, 4) is 5.75 Å². The Balaban J connectivity index is 1.60. The lowest BCUT2D eigenvalue weighted by molar-refractivity contribution is -0.159. The highest BCUT2D eigenvalue weighted by Crippen LogP contribution is 2.30. The molecule has 0 spiro atoms. The number of esters is 1. The van der Waals surface area contributed by atoms with Crippen molar-refractivity contribution < 1.29 is 23.5 Å².